The fourth-order valence-corrected chi connectivity index (χ4v) is 2.49. The van der Waals surface area contributed by atoms with E-state index in [1.807, 2.05) is 19.9 Å². The molecule has 0 radical (unpaired) electrons. The van der Waals surface area contributed by atoms with Gasteiger partial charge in [0.15, 0.2) is 0 Å². The van der Waals surface area contributed by atoms with E-state index >= 15 is 0 Å². The van der Waals surface area contributed by atoms with Gasteiger partial charge in [0.2, 0.25) is 0 Å². The first kappa shape index (κ1) is 17.4. The number of amides is 1. The molecule has 4 nitrogen and oxygen atoms in total. The zero-order valence-electron chi connectivity index (χ0n) is 12.6. The van der Waals surface area contributed by atoms with Crippen molar-refractivity contribution >= 4 is 16.7 Å². The largest absolute Gasteiger partial charge is 0.384 e. The predicted octanol–water partition coefficient (Wildman–Crippen LogP) is 1.23. The summed E-state index contributed by atoms with van der Waals surface area (Å²) in [5.41, 5.74) is 2.07. The van der Waals surface area contributed by atoms with Gasteiger partial charge in [-0.05, 0) is 32.4 Å². The molecule has 5 heteroatoms. The monoisotopic (exact) mass is 307 g/mol. The Labute approximate surface area is 128 Å². The van der Waals surface area contributed by atoms with Crippen LogP contribution in [0.15, 0.2) is 18.2 Å². The van der Waals surface area contributed by atoms with Gasteiger partial charge >= 0.3 is 0 Å². The first-order chi connectivity index (χ1) is 9.93. The summed E-state index contributed by atoms with van der Waals surface area (Å²) in [4.78, 5) is 12.3. The van der Waals surface area contributed by atoms with Crippen LogP contribution in [0, 0.1) is 18.8 Å². The van der Waals surface area contributed by atoms with Crippen LogP contribution in [0.25, 0.3) is 0 Å². The number of rotatable bonds is 5. The van der Waals surface area contributed by atoms with Gasteiger partial charge in [0.25, 0.3) is 5.91 Å². The maximum absolute atomic E-state index is 12.3. The molecule has 0 aliphatic carbocycles. The summed E-state index contributed by atoms with van der Waals surface area (Å²) in [6.45, 7) is 3.55. The summed E-state index contributed by atoms with van der Waals surface area (Å²) in [7, 11) is -0.859. The molecule has 2 atom stereocenters. The Bertz CT molecular complexity index is 587. The highest BCUT2D eigenvalue weighted by atomic mass is 32.2. The van der Waals surface area contributed by atoms with Crippen molar-refractivity contribution in [3.05, 3.63) is 34.9 Å². The number of nitrogens with one attached hydrogen (secondary N) is 1. The Hall–Kier alpha value is -1.64. The van der Waals surface area contributed by atoms with Crippen LogP contribution >= 0.6 is 0 Å². The molecule has 1 aromatic carbocycles. The molecule has 0 aliphatic rings. The molecule has 0 aliphatic heterocycles. The van der Waals surface area contributed by atoms with Crippen molar-refractivity contribution in [3.8, 4) is 11.8 Å². The van der Waals surface area contributed by atoms with Gasteiger partial charge in [-0.1, -0.05) is 23.5 Å². The van der Waals surface area contributed by atoms with Gasteiger partial charge in [-0.2, -0.15) is 0 Å². The van der Waals surface area contributed by atoms with Crippen LogP contribution in [0.1, 0.15) is 34.8 Å². The number of benzene rings is 1. The van der Waals surface area contributed by atoms with Crippen LogP contribution in [0.4, 0.5) is 0 Å². The summed E-state index contributed by atoms with van der Waals surface area (Å²) in [5, 5.41) is 11.7. The number of carbonyl (C=O) groups excluding carboxylic acids is 1. The molecular formula is C16H21NO3S. The molecule has 0 bridgehead atoms. The van der Waals surface area contributed by atoms with Gasteiger partial charge in [-0.15, -0.1) is 0 Å². The first-order valence-corrected chi connectivity index (χ1v) is 8.48. The quantitative estimate of drug-likeness (QED) is 0.804. The highest BCUT2D eigenvalue weighted by molar-refractivity contribution is 7.84. The van der Waals surface area contributed by atoms with E-state index in [-0.39, 0.29) is 18.6 Å². The maximum atomic E-state index is 12.3. The van der Waals surface area contributed by atoms with Crippen molar-refractivity contribution in [1.82, 2.24) is 5.32 Å². The minimum Gasteiger partial charge on any atom is -0.384 e. The van der Waals surface area contributed by atoms with Gasteiger partial charge < -0.3 is 10.4 Å². The Morgan fingerprint density at radius 1 is 1.48 bits per heavy atom. The Balaban J connectivity index is 2.85. The fourth-order valence-electron chi connectivity index (χ4n) is 1.81. The molecule has 1 aromatic rings. The average molecular weight is 307 g/mol. The SMILES string of the molecule is Cc1ccc(C#CCO)c(C(=O)NC(C)CCS(C)=O)c1. The predicted molar refractivity (Wildman–Crippen MR) is 85.6 cm³/mol. The van der Waals surface area contributed by atoms with E-state index in [0.717, 1.165) is 5.56 Å². The Morgan fingerprint density at radius 2 is 2.19 bits per heavy atom. The molecule has 1 rings (SSSR count). The average Bonchev–Trinajstić information content (AvgIpc) is 2.43. The fraction of sp³-hybridized carbons (Fsp3) is 0.438. The Morgan fingerprint density at radius 3 is 2.81 bits per heavy atom. The van der Waals surface area contributed by atoms with Gasteiger partial charge in [-0.25, -0.2) is 0 Å². The van der Waals surface area contributed by atoms with Crippen LogP contribution in [0.5, 0.6) is 0 Å². The highest BCUT2D eigenvalue weighted by Crippen LogP contribution is 2.11. The van der Waals surface area contributed by atoms with Crippen LogP contribution < -0.4 is 5.32 Å². The molecule has 0 aromatic heterocycles. The van der Waals surface area contributed by atoms with E-state index in [1.165, 1.54) is 0 Å². The molecule has 114 valence electrons. The van der Waals surface area contributed by atoms with Gasteiger partial charge in [-0.3, -0.25) is 9.00 Å². The van der Waals surface area contributed by atoms with E-state index in [2.05, 4.69) is 17.2 Å². The van der Waals surface area contributed by atoms with Crippen LogP contribution in [-0.2, 0) is 10.8 Å². The van der Waals surface area contributed by atoms with Crippen molar-refractivity contribution in [2.24, 2.45) is 0 Å². The lowest BCUT2D eigenvalue weighted by Gasteiger charge is -2.14. The minimum absolute atomic E-state index is 0.0550. The van der Waals surface area contributed by atoms with E-state index in [1.54, 1.807) is 18.4 Å². The second-order valence-corrected chi connectivity index (χ2v) is 6.50. The molecule has 1 amide bonds. The van der Waals surface area contributed by atoms with Crippen molar-refractivity contribution in [3.63, 3.8) is 0 Å². The first-order valence-electron chi connectivity index (χ1n) is 6.75. The molecule has 2 unspecified atom stereocenters. The van der Waals surface area contributed by atoms with Crippen LogP contribution in [0.2, 0.25) is 0 Å². The minimum atomic E-state index is -0.859. The number of aliphatic hydroxyl groups is 1. The second kappa shape index (κ2) is 8.60. The summed E-state index contributed by atoms with van der Waals surface area (Å²) in [6.07, 6.45) is 2.32. The molecular weight excluding hydrogens is 286 g/mol. The Kier molecular flexibility index (Phi) is 7.13. The molecule has 0 spiro atoms. The van der Waals surface area contributed by atoms with E-state index in [0.29, 0.717) is 23.3 Å². The second-order valence-electron chi connectivity index (χ2n) is 4.95. The smallest absolute Gasteiger partial charge is 0.252 e. The zero-order valence-corrected chi connectivity index (χ0v) is 13.4. The summed E-state index contributed by atoms with van der Waals surface area (Å²) in [6, 6.07) is 5.38. The van der Waals surface area contributed by atoms with Gasteiger partial charge in [0.1, 0.15) is 6.61 Å². The van der Waals surface area contributed by atoms with Crippen LogP contribution in [0.3, 0.4) is 0 Å². The molecule has 2 N–H and O–H groups in total. The molecule has 21 heavy (non-hydrogen) atoms. The van der Waals surface area contributed by atoms with Crippen molar-refractivity contribution in [2.75, 3.05) is 18.6 Å². The standard InChI is InChI=1S/C16H21NO3S/c1-12-6-7-14(5-4-9-18)15(11-12)16(19)17-13(2)8-10-21(3)20/h6-7,11,13,18H,8-10H2,1-3H3,(H,17,19). The van der Waals surface area contributed by atoms with Gasteiger partial charge in [0.05, 0.1) is 5.56 Å². The van der Waals surface area contributed by atoms with Crippen molar-refractivity contribution in [1.29, 1.82) is 0 Å². The zero-order chi connectivity index (χ0) is 15.8. The molecule has 0 saturated carbocycles. The molecule has 0 heterocycles. The van der Waals surface area contributed by atoms with Crippen molar-refractivity contribution in [2.45, 2.75) is 26.3 Å². The van der Waals surface area contributed by atoms with E-state index in [4.69, 9.17) is 5.11 Å². The maximum Gasteiger partial charge on any atom is 0.252 e. The van der Waals surface area contributed by atoms with E-state index in [9.17, 15) is 9.00 Å². The number of hydrogen-bond acceptors (Lipinski definition) is 3. The molecule has 0 saturated heterocycles. The topological polar surface area (TPSA) is 66.4 Å². The number of hydrogen-bond donors (Lipinski definition) is 2. The van der Waals surface area contributed by atoms with Gasteiger partial charge in [0, 0.05) is 34.4 Å². The lowest BCUT2D eigenvalue weighted by atomic mass is 10.0. The van der Waals surface area contributed by atoms with Crippen LogP contribution in [-0.4, -0.2) is 39.9 Å². The third-order valence-corrected chi connectivity index (χ3v) is 3.75. The summed E-state index contributed by atoms with van der Waals surface area (Å²) in [5.74, 6) is 5.71. The van der Waals surface area contributed by atoms with E-state index < -0.39 is 10.8 Å². The van der Waals surface area contributed by atoms with Crippen molar-refractivity contribution < 1.29 is 14.1 Å². The highest BCUT2D eigenvalue weighted by Gasteiger charge is 2.13. The molecule has 0 fully saturated rings. The lowest BCUT2D eigenvalue weighted by Crippen LogP contribution is -2.34. The summed E-state index contributed by atoms with van der Waals surface area (Å²) >= 11 is 0. The summed E-state index contributed by atoms with van der Waals surface area (Å²) < 4.78 is 11.1. The number of carbonyl (C=O) groups is 1. The lowest BCUT2D eigenvalue weighted by molar-refractivity contribution is 0.0939. The normalized spacial score (nSPS) is 13.0. The number of aryl methyl sites for hydroxylation is 1. The third-order valence-electron chi connectivity index (χ3n) is 2.94. The third kappa shape index (κ3) is 6.11. The number of aliphatic hydroxyl groups excluding tert-OH is 1.